The summed E-state index contributed by atoms with van der Waals surface area (Å²) in [5, 5.41) is 0. The second-order valence-corrected chi connectivity index (χ2v) is 7.15. The predicted molar refractivity (Wildman–Crippen MR) is 82.5 cm³/mol. The van der Waals surface area contributed by atoms with Crippen LogP contribution in [-0.2, 0) is 21.3 Å². The van der Waals surface area contributed by atoms with Gasteiger partial charge in [0, 0.05) is 13.1 Å². The summed E-state index contributed by atoms with van der Waals surface area (Å²) in [6.45, 7) is 2.83. The minimum atomic E-state index is -3.50. The minimum absolute atomic E-state index is 0.297. The molecule has 2 rings (SSSR count). The van der Waals surface area contributed by atoms with Crippen molar-refractivity contribution in [2.75, 3.05) is 13.2 Å². The summed E-state index contributed by atoms with van der Waals surface area (Å²) >= 11 is 0. The van der Waals surface area contributed by atoms with Crippen LogP contribution in [-0.4, -0.2) is 27.7 Å². The van der Waals surface area contributed by atoms with Gasteiger partial charge in [-0.1, -0.05) is 25.0 Å². The van der Waals surface area contributed by atoms with Crippen LogP contribution in [0.25, 0.3) is 0 Å². The standard InChI is InChI=1S/C15H24N2O3S/c1-12-13(11-16)5-4-8-15(12)21(18,19)17-9-10-20-14-6-2-3-7-14/h4-5,8,14,17H,2-3,6-7,9-11,16H2,1H3. The number of nitrogens with two attached hydrogens (primary N) is 1. The molecule has 21 heavy (non-hydrogen) atoms. The van der Waals surface area contributed by atoms with Crippen molar-refractivity contribution in [3.05, 3.63) is 29.3 Å². The van der Waals surface area contributed by atoms with E-state index in [1.165, 1.54) is 12.8 Å². The summed E-state index contributed by atoms with van der Waals surface area (Å²) in [5.41, 5.74) is 7.18. The molecule has 0 spiro atoms. The fraction of sp³-hybridized carbons (Fsp3) is 0.600. The third kappa shape index (κ3) is 4.26. The van der Waals surface area contributed by atoms with Crippen molar-refractivity contribution in [1.29, 1.82) is 0 Å². The number of nitrogens with one attached hydrogen (secondary N) is 1. The molecule has 1 aliphatic rings. The molecule has 1 saturated carbocycles. The highest BCUT2D eigenvalue weighted by atomic mass is 32.2. The molecule has 1 aliphatic carbocycles. The number of benzene rings is 1. The van der Waals surface area contributed by atoms with E-state index in [-0.39, 0.29) is 0 Å². The van der Waals surface area contributed by atoms with Crippen LogP contribution >= 0.6 is 0 Å². The Morgan fingerprint density at radius 2 is 2.05 bits per heavy atom. The van der Waals surface area contributed by atoms with E-state index in [0.717, 1.165) is 18.4 Å². The van der Waals surface area contributed by atoms with Gasteiger partial charge in [0.25, 0.3) is 0 Å². The third-order valence-electron chi connectivity index (χ3n) is 3.96. The molecule has 6 heteroatoms. The van der Waals surface area contributed by atoms with Gasteiger partial charge in [0.1, 0.15) is 0 Å². The second kappa shape index (κ2) is 7.35. The molecule has 0 radical (unpaired) electrons. The molecule has 0 aliphatic heterocycles. The Morgan fingerprint density at radius 3 is 2.71 bits per heavy atom. The number of hydrogen-bond acceptors (Lipinski definition) is 4. The summed E-state index contributed by atoms with van der Waals surface area (Å²) in [7, 11) is -3.50. The zero-order valence-electron chi connectivity index (χ0n) is 12.5. The monoisotopic (exact) mass is 312 g/mol. The van der Waals surface area contributed by atoms with E-state index in [9.17, 15) is 8.42 Å². The van der Waals surface area contributed by atoms with E-state index in [1.54, 1.807) is 19.1 Å². The Hall–Kier alpha value is -0.950. The molecular formula is C15H24N2O3S. The van der Waals surface area contributed by atoms with E-state index >= 15 is 0 Å². The number of hydrogen-bond donors (Lipinski definition) is 2. The van der Waals surface area contributed by atoms with Crippen LogP contribution in [0.3, 0.4) is 0 Å². The zero-order chi connectivity index (χ0) is 15.3. The highest BCUT2D eigenvalue weighted by molar-refractivity contribution is 7.89. The lowest BCUT2D eigenvalue weighted by molar-refractivity contribution is 0.0626. The molecule has 1 fully saturated rings. The van der Waals surface area contributed by atoms with E-state index in [0.29, 0.717) is 36.3 Å². The molecule has 0 unspecified atom stereocenters. The van der Waals surface area contributed by atoms with Crippen LogP contribution in [0.2, 0.25) is 0 Å². The summed E-state index contributed by atoms with van der Waals surface area (Å²) < 4.78 is 32.9. The minimum Gasteiger partial charge on any atom is -0.377 e. The lowest BCUT2D eigenvalue weighted by atomic mass is 10.1. The fourth-order valence-electron chi connectivity index (χ4n) is 2.71. The van der Waals surface area contributed by atoms with Gasteiger partial charge >= 0.3 is 0 Å². The Kier molecular flexibility index (Phi) is 5.75. The van der Waals surface area contributed by atoms with Gasteiger partial charge in [0.2, 0.25) is 10.0 Å². The Balaban J connectivity index is 1.92. The van der Waals surface area contributed by atoms with Gasteiger partial charge in [-0.2, -0.15) is 0 Å². The first-order valence-electron chi connectivity index (χ1n) is 7.44. The Morgan fingerprint density at radius 1 is 1.33 bits per heavy atom. The largest absolute Gasteiger partial charge is 0.377 e. The number of sulfonamides is 1. The first-order chi connectivity index (χ1) is 10.0. The summed E-state index contributed by atoms with van der Waals surface area (Å²) in [6.07, 6.45) is 4.90. The average molecular weight is 312 g/mol. The number of rotatable bonds is 7. The average Bonchev–Trinajstić information content (AvgIpc) is 2.97. The van der Waals surface area contributed by atoms with Gasteiger partial charge < -0.3 is 10.5 Å². The summed E-state index contributed by atoms with van der Waals surface area (Å²) in [6, 6.07) is 5.17. The zero-order valence-corrected chi connectivity index (χ0v) is 13.3. The molecule has 118 valence electrons. The van der Waals surface area contributed by atoms with Crippen molar-refractivity contribution in [3.63, 3.8) is 0 Å². The third-order valence-corrected chi connectivity index (χ3v) is 5.56. The molecule has 0 heterocycles. The van der Waals surface area contributed by atoms with E-state index < -0.39 is 10.0 Å². The molecule has 0 aromatic heterocycles. The Labute approximate surface area is 126 Å². The predicted octanol–water partition coefficient (Wildman–Crippen LogP) is 1.69. The van der Waals surface area contributed by atoms with Gasteiger partial charge in [-0.15, -0.1) is 0 Å². The molecule has 1 aromatic rings. The van der Waals surface area contributed by atoms with Crippen LogP contribution in [0.15, 0.2) is 23.1 Å². The topological polar surface area (TPSA) is 81.4 Å². The van der Waals surface area contributed by atoms with Crippen LogP contribution in [0.1, 0.15) is 36.8 Å². The SMILES string of the molecule is Cc1c(CN)cccc1S(=O)(=O)NCCOC1CCCC1. The molecular weight excluding hydrogens is 288 g/mol. The molecule has 0 bridgehead atoms. The highest BCUT2D eigenvalue weighted by Crippen LogP contribution is 2.21. The van der Waals surface area contributed by atoms with Crippen LogP contribution in [0.5, 0.6) is 0 Å². The van der Waals surface area contributed by atoms with Gasteiger partial charge in [-0.3, -0.25) is 0 Å². The van der Waals surface area contributed by atoms with Gasteiger partial charge in [-0.25, -0.2) is 13.1 Å². The van der Waals surface area contributed by atoms with Gasteiger partial charge in [-0.05, 0) is 37.0 Å². The van der Waals surface area contributed by atoms with Crippen LogP contribution < -0.4 is 10.5 Å². The molecule has 0 atom stereocenters. The van der Waals surface area contributed by atoms with Crippen LogP contribution in [0, 0.1) is 6.92 Å². The van der Waals surface area contributed by atoms with Gasteiger partial charge in [0.05, 0.1) is 17.6 Å². The Bertz CT molecular complexity index is 566. The maximum Gasteiger partial charge on any atom is 0.240 e. The van der Waals surface area contributed by atoms with E-state index in [1.807, 2.05) is 6.07 Å². The van der Waals surface area contributed by atoms with Crippen molar-refractivity contribution in [2.24, 2.45) is 5.73 Å². The van der Waals surface area contributed by atoms with Crippen molar-refractivity contribution in [3.8, 4) is 0 Å². The second-order valence-electron chi connectivity index (χ2n) is 5.42. The number of ether oxygens (including phenoxy) is 1. The summed E-state index contributed by atoms with van der Waals surface area (Å²) in [4.78, 5) is 0.298. The maximum atomic E-state index is 12.3. The normalized spacial score (nSPS) is 16.5. The van der Waals surface area contributed by atoms with Crippen LogP contribution in [0.4, 0.5) is 0 Å². The highest BCUT2D eigenvalue weighted by Gasteiger charge is 2.19. The lowest BCUT2D eigenvalue weighted by Gasteiger charge is -2.14. The van der Waals surface area contributed by atoms with E-state index in [2.05, 4.69) is 4.72 Å². The van der Waals surface area contributed by atoms with E-state index in [4.69, 9.17) is 10.5 Å². The molecule has 5 nitrogen and oxygen atoms in total. The molecule has 3 N–H and O–H groups in total. The quantitative estimate of drug-likeness (QED) is 0.751. The van der Waals surface area contributed by atoms with Crippen molar-refractivity contribution in [2.45, 2.75) is 50.2 Å². The smallest absolute Gasteiger partial charge is 0.240 e. The first kappa shape index (κ1) is 16.4. The van der Waals surface area contributed by atoms with Crippen molar-refractivity contribution >= 4 is 10.0 Å². The van der Waals surface area contributed by atoms with Crippen molar-refractivity contribution in [1.82, 2.24) is 4.72 Å². The maximum absolute atomic E-state index is 12.3. The molecule has 0 saturated heterocycles. The molecule has 0 amide bonds. The van der Waals surface area contributed by atoms with Gasteiger partial charge in [0.15, 0.2) is 0 Å². The lowest BCUT2D eigenvalue weighted by Crippen LogP contribution is -2.29. The van der Waals surface area contributed by atoms with Crippen molar-refractivity contribution < 1.29 is 13.2 Å². The first-order valence-corrected chi connectivity index (χ1v) is 8.92. The molecule has 1 aromatic carbocycles. The fourth-order valence-corrected chi connectivity index (χ4v) is 4.01. The summed E-state index contributed by atoms with van der Waals surface area (Å²) in [5.74, 6) is 0.